The fraction of sp³-hybridized carbons (Fsp3) is 0.545. The van der Waals surface area contributed by atoms with Crippen molar-refractivity contribution in [2.45, 2.75) is 31.2 Å². The van der Waals surface area contributed by atoms with Crippen molar-refractivity contribution < 1.29 is 0 Å². The van der Waals surface area contributed by atoms with Crippen LogP contribution >= 0.6 is 11.6 Å². The summed E-state index contributed by atoms with van der Waals surface area (Å²) in [4.78, 5) is 4.00. The van der Waals surface area contributed by atoms with Crippen LogP contribution in [0.4, 0.5) is 5.69 Å². The zero-order valence-electron chi connectivity index (χ0n) is 8.17. The topological polar surface area (TPSA) is 24.9 Å². The van der Waals surface area contributed by atoms with E-state index in [2.05, 4.69) is 10.3 Å². The molecule has 0 spiro atoms. The molecule has 14 heavy (non-hydrogen) atoms. The van der Waals surface area contributed by atoms with Crippen LogP contribution in [-0.2, 0) is 0 Å². The molecule has 1 N–H and O–H groups in total. The summed E-state index contributed by atoms with van der Waals surface area (Å²) >= 11 is 6.04. The lowest BCUT2D eigenvalue weighted by molar-refractivity contribution is 0.540. The fourth-order valence-electron chi connectivity index (χ4n) is 2.09. The first-order chi connectivity index (χ1) is 6.85. The lowest BCUT2D eigenvalue weighted by Crippen LogP contribution is -2.36. The van der Waals surface area contributed by atoms with E-state index in [-0.39, 0.29) is 5.54 Å². The van der Waals surface area contributed by atoms with Crippen LogP contribution in [-0.4, -0.2) is 16.4 Å². The van der Waals surface area contributed by atoms with Gasteiger partial charge in [0.05, 0.1) is 5.54 Å². The van der Waals surface area contributed by atoms with Crippen molar-refractivity contribution >= 4 is 17.3 Å². The lowest BCUT2D eigenvalue weighted by Gasteiger charge is -2.29. The molecule has 1 saturated carbocycles. The van der Waals surface area contributed by atoms with Crippen molar-refractivity contribution in [3.8, 4) is 0 Å². The summed E-state index contributed by atoms with van der Waals surface area (Å²) in [6.45, 7) is 0. The maximum absolute atomic E-state index is 6.04. The van der Waals surface area contributed by atoms with E-state index >= 15 is 0 Å². The zero-order valence-corrected chi connectivity index (χ0v) is 8.93. The number of anilines is 1. The minimum absolute atomic E-state index is 0.128. The second-order valence-electron chi connectivity index (χ2n) is 3.98. The molecule has 0 unspecified atom stereocenters. The minimum atomic E-state index is 0.128. The highest BCUT2D eigenvalue weighted by atomic mass is 35.5. The molecule has 0 aliphatic heterocycles. The standard InChI is InChI=1S/C11H15ClN2/c12-9-11(5-1-2-6-11)14-10-3-7-13-8-4-10/h3-4,7-8H,1-2,5-6,9H2,(H,13,14). The van der Waals surface area contributed by atoms with Gasteiger partial charge in [0.2, 0.25) is 0 Å². The van der Waals surface area contributed by atoms with Gasteiger partial charge in [-0.3, -0.25) is 4.98 Å². The molecule has 1 heterocycles. The van der Waals surface area contributed by atoms with Crippen LogP contribution in [0.15, 0.2) is 24.5 Å². The molecule has 3 heteroatoms. The normalized spacial score (nSPS) is 19.5. The fourth-order valence-corrected chi connectivity index (χ4v) is 2.42. The Balaban J connectivity index is 2.08. The Morgan fingerprint density at radius 3 is 2.50 bits per heavy atom. The number of hydrogen-bond acceptors (Lipinski definition) is 2. The Kier molecular flexibility index (Phi) is 2.92. The molecular formula is C11H15ClN2. The van der Waals surface area contributed by atoms with Gasteiger partial charge in [-0.05, 0) is 25.0 Å². The van der Waals surface area contributed by atoms with Crippen molar-refractivity contribution in [3.63, 3.8) is 0 Å². The first kappa shape index (κ1) is 9.78. The zero-order chi connectivity index (χ0) is 9.86. The van der Waals surface area contributed by atoms with E-state index in [1.165, 1.54) is 25.7 Å². The van der Waals surface area contributed by atoms with Crippen LogP contribution in [0.3, 0.4) is 0 Å². The Hall–Kier alpha value is -0.760. The van der Waals surface area contributed by atoms with Crippen LogP contribution in [0.5, 0.6) is 0 Å². The van der Waals surface area contributed by atoms with Crippen LogP contribution in [0.2, 0.25) is 0 Å². The third-order valence-corrected chi connectivity index (χ3v) is 3.42. The predicted octanol–water partition coefficient (Wildman–Crippen LogP) is 3.05. The Bertz CT molecular complexity index is 281. The summed E-state index contributed by atoms with van der Waals surface area (Å²) in [6.07, 6.45) is 8.53. The molecule has 2 rings (SSSR count). The third-order valence-electron chi connectivity index (χ3n) is 2.91. The molecule has 0 saturated heterocycles. The molecule has 0 aromatic carbocycles. The molecule has 1 aromatic heterocycles. The van der Waals surface area contributed by atoms with E-state index in [0.717, 1.165) is 5.69 Å². The van der Waals surface area contributed by atoms with E-state index in [0.29, 0.717) is 5.88 Å². The maximum atomic E-state index is 6.04. The maximum Gasteiger partial charge on any atom is 0.0508 e. The van der Waals surface area contributed by atoms with E-state index in [4.69, 9.17) is 11.6 Å². The van der Waals surface area contributed by atoms with E-state index in [1.54, 1.807) is 12.4 Å². The smallest absolute Gasteiger partial charge is 0.0508 e. The Labute approximate surface area is 89.7 Å². The molecule has 0 atom stereocenters. The number of nitrogens with zero attached hydrogens (tertiary/aromatic N) is 1. The molecule has 1 aliphatic rings. The largest absolute Gasteiger partial charge is 0.378 e. The number of alkyl halides is 1. The van der Waals surface area contributed by atoms with Crippen molar-refractivity contribution in [1.29, 1.82) is 0 Å². The van der Waals surface area contributed by atoms with Crippen LogP contribution in [0, 0.1) is 0 Å². The van der Waals surface area contributed by atoms with Gasteiger partial charge in [-0.1, -0.05) is 12.8 Å². The molecule has 1 aliphatic carbocycles. The van der Waals surface area contributed by atoms with Gasteiger partial charge in [0.1, 0.15) is 0 Å². The summed E-state index contributed by atoms with van der Waals surface area (Å²) in [5.41, 5.74) is 1.26. The van der Waals surface area contributed by atoms with Crippen LogP contribution < -0.4 is 5.32 Å². The SMILES string of the molecule is ClCC1(Nc2ccncc2)CCCC1. The van der Waals surface area contributed by atoms with Gasteiger partial charge in [-0.25, -0.2) is 0 Å². The monoisotopic (exact) mass is 210 g/mol. The Morgan fingerprint density at radius 2 is 1.93 bits per heavy atom. The quantitative estimate of drug-likeness (QED) is 0.776. The van der Waals surface area contributed by atoms with E-state index in [1.807, 2.05) is 12.1 Å². The highest BCUT2D eigenvalue weighted by molar-refractivity contribution is 6.18. The number of nitrogens with one attached hydrogen (secondary N) is 1. The van der Waals surface area contributed by atoms with E-state index < -0.39 is 0 Å². The Morgan fingerprint density at radius 1 is 1.29 bits per heavy atom. The average Bonchev–Trinajstić information content (AvgIpc) is 2.69. The number of pyridine rings is 1. The summed E-state index contributed by atoms with van der Waals surface area (Å²) in [6, 6.07) is 3.99. The molecule has 0 bridgehead atoms. The first-order valence-electron chi connectivity index (χ1n) is 5.09. The van der Waals surface area contributed by atoms with E-state index in [9.17, 15) is 0 Å². The molecule has 0 amide bonds. The van der Waals surface area contributed by atoms with Gasteiger partial charge in [0.15, 0.2) is 0 Å². The first-order valence-corrected chi connectivity index (χ1v) is 5.62. The summed E-state index contributed by atoms with van der Waals surface area (Å²) in [7, 11) is 0. The molecule has 76 valence electrons. The van der Waals surface area contributed by atoms with Gasteiger partial charge >= 0.3 is 0 Å². The molecule has 2 nitrogen and oxygen atoms in total. The molecule has 1 fully saturated rings. The van der Waals surface area contributed by atoms with Gasteiger partial charge < -0.3 is 5.32 Å². The summed E-state index contributed by atoms with van der Waals surface area (Å²) < 4.78 is 0. The number of halogens is 1. The second-order valence-corrected chi connectivity index (χ2v) is 4.25. The van der Waals surface area contributed by atoms with Crippen LogP contribution in [0.25, 0.3) is 0 Å². The highest BCUT2D eigenvalue weighted by Crippen LogP contribution is 2.33. The number of aromatic nitrogens is 1. The lowest BCUT2D eigenvalue weighted by atomic mass is 10.00. The summed E-state index contributed by atoms with van der Waals surface area (Å²) in [5.74, 6) is 0.690. The van der Waals surface area contributed by atoms with Crippen LogP contribution in [0.1, 0.15) is 25.7 Å². The molecule has 0 radical (unpaired) electrons. The number of rotatable bonds is 3. The highest BCUT2D eigenvalue weighted by Gasteiger charge is 2.32. The summed E-state index contributed by atoms with van der Waals surface area (Å²) in [5, 5.41) is 3.53. The predicted molar refractivity (Wildman–Crippen MR) is 59.8 cm³/mol. The third kappa shape index (κ3) is 2.01. The van der Waals surface area contributed by atoms with Crippen molar-refractivity contribution in [2.24, 2.45) is 0 Å². The minimum Gasteiger partial charge on any atom is -0.378 e. The van der Waals surface area contributed by atoms with Crippen molar-refractivity contribution in [3.05, 3.63) is 24.5 Å². The molecule has 1 aromatic rings. The van der Waals surface area contributed by atoms with Gasteiger partial charge in [-0.15, -0.1) is 11.6 Å². The van der Waals surface area contributed by atoms with Gasteiger partial charge in [-0.2, -0.15) is 0 Å². The second kappa shape index (κ2) is 4.18. The van der Waals surface area contributed by atoms with Crippen molar-refractivity contribution in [1.82, 2.24) is 4.98 Å². The molecular weight excluding hydrogens is 196 g/mol. The van der Waals surface area contributed by atoms with Gasteiger partial charge in [0, 0.05) is 24.0 Å². The van der Waals surface area contributed by atoms with Gasteiger partial charge in [0.25, 0.3) is 0 Å². The average molecular weight is 211 g/mol. The number of hydrogen-bond donors (Lipinski definition) is 1. The van der Waals surface area contributed by atoms with Crippen molar-refractivity contribution in [2.75, 3.05) is 11.2 Å².